The Bertz CT molecular complexity index is 876. The van der Waals surface area contributed by atoms with Gasteiger partial charge in [-0.15, -0.1) is 0 Å². The summed E-state index contributed by atoms with van der Waals surface area (Å²) in [7, 11) is -2.93. The minimum atomic E-state index is -2.93. The SMILES string of the molecule is O=S1(=O)CCN(C2=Nc3ccccc3Oc3ccccc32)CC1. The molecule has 0 spiro atoms. The summed E-state index contributed by atoms with van der Waals surface area (Å²) in [5.74, 6) is 2.55. The molecule has 0 atom stereocenters. The third kappa shape index (κ3) is 2.70. The number of sulfone groups is 1. The molecule has 5 nitrogen and oxygen atoms in total. The van der Waals surface area contributed by atoms with Crippen molar-refractivity contribution in [3.63, 3.8) is 0 Å². The largest absolute Gasteiger partial charge is 0.454 e. The molecule has 4 rings (SSSR count). The van der Waals surface area contributed by atoms with Gasteiger partial charge in [0.05, 0.1) is 17.1 Å². The highest BCUT2D eigenvalue weighted by Gasteiger charge is 2.27. The van der Waals surface area contributed by atoms with E-state index in [0.717, 1.165) is 22.8 Å². The molecule has 2 aliphatic rings. The van der Waals surface area contributed by atoms with Gasteiger partial charge in [-0.25, -0.2) is 13.4 Å². The van der Waals surface area contributed by atoms with Gasteiger partial charge in [0.2, 0.25) is 0 Å². The first kappa shape index (κ1) is 14.3. The van der Waals surface area contributed by atoms with E-state index >= 15 is 0 Å². The van der Waals surface area contributed by atoms with Gasteiger partial charge in [-0.1, -0.05) is 24.3 Å². The summed E-state index contributed by atoms with van der Waals surface area (Å²) in [5.41, 5.74) is 1.65. The molecule has 0 aromatic heterocycles. The number of aliphatic imine (C=N–C) groups is 1. The van der Waals surface area contributed by atoms with Crippen LogP contribution in [0.3, 0.4) is 0 Å². The number of nitrogens with zero attached hydrogens (tertiary/aromatic N) is 2. The number of benzene rings is 2. The van der Waals surface area contributed by atoms with E-state index < -0.39 is 9.84 Å². The number of hydrogen-bond donors (Lipinski definition) is 0. The van der Waals surface area contributed by atoms with Gasteiger partial charge in [0.1, 0.15) is 17.3 Å². The zero-order valence-electron chi connectivity index (χ0n) is 12.5. The number of ether oxygens (including phenoxy) is 1. The van der Waals surface area contributed by atoms with Gasteiger partial charge in [-0.3, -0.25) is 0 Å². The molecule has 0 amide bonds. The standard InChI is InChI=1S/C17H16N2O3S/c20-23(21)11-9-19(10-12-23)17-13-5-1-3-7-15(13)22-16-8-4-2-6-14(16)18-17/h1-8H,9-12H2. The molecule has 118 valence electrons. The van der Waals surface area contributed by atoms with Gasteiger partial charge >= 0.3 is 0 Å². The van der Waals surface area contributed by atoms with E-state index in [1.54, 1.807) is 0 Å². The molecule has 0 bridgehead atoms. The smallest absolute Gasteiger partial charge is 0.153 e. The van der Waals surface area contributed by atoms with Gasteiger partial charge in [0.15, 0.2) is 15.6 Å². The summed E-state index contributed by atoms with van der Waals surface area (Å²) in [6, 6.07) is 15.4. The summed E-state index contributed by atoms with van der Waals surface area (Å²) < 4.78 is 29.4. The van der Waals surface area contributed by atoms with Crippen molar-refractivity contribution in [1.82, 2.24) is 4.90 Å². The second-order valence-corrected chi connectivity index (χ2v) is 7.94. The minimum Gasteiger partial charge on any atom is -0.454 e. The average Bonchev–Trinajstić information content (AvgIpc) is 2.71. The number of hydrogen-bond acceptors (Lipinski definition) is 5. The molecule has 23 heavy (non-hydrogen) atoms. The fourth-order valence-corrected chi connectivity index (χ4v) is 4.04. The first-order valence-corrected chi connectivity index (χ1v) is 9.35. The lowest BCUT2D eigenvalue weighted by atomic mass is 10.1. The molecule has 2 aromatic carbocycles. The van der Waals surface area contributed by atoms with Crippen molar-refractivity contribution in [3.05, 3.63) is 54.1 Å². The zero-order chi connectivity index (χ0) is 15.9. The van der Waals surface area contributed by atoms with Crippen LogP contribution in [0.25, 0.3) is 0 Å². The molecule has 0 aliphatic carbocycles. The molecule has 2 aliphatic heterocycles. The highest BCUT2D eigenvalue weighted by molar-refractivity contribution is 7.91. The fourth-order valence-electron chi connectivity index (χ4n) is 2.83. The molecule has 1 saturated heterocycles. The summed E-state index contributed by atoms with van der Waals surface area (Å²) >= 11 is 0. The monoisotopic (exact) mass is 328 g/mol. The molecule has 0 saturated carbocycles. The Kier molecular flexibility index (Phi) is 3.34. The van der Waals surface area contributed by atoms with Crippen molar-refractivity contribution >= 4 is 21.4 Å². The van der Waals surface area contributed by atoms with Gasteiger partial charge < -0.3 is 9.64 Å². The molecule has 0 radical (unpaired) electrons. The van der Waals surface area contributed by atoms with Crippen LogP contribution in [0.5, 0.6) is 11.5 Å². The Morgan fingerprint density at radius 2 is 1.57 bits per heavy atom. The zero-order valence-corrected chi connectivity index (χ0v) is 13.3. The number of rotatable bonds is 0. The maximum absolute atomic E-state index is 11.7. The number of para-hydroxylation sites is 3. The molecular weight excluding hydrogens is 312 g/mol. The van der Waals surface area contributed by atoms with Gasteiger partial charge in [-0.2, -0.15) is 0 Å². The Labute approximate surface area is 135 Å². The van der Waals surface area contributed by atoms with Gasteiger partial charge in [0, 0.05) is 13.1 Å². The summed E-state index contributed by atoms with van der Waals surface area (Å²) in [5, 5.41) is 0. The van der Waals surface area contributed by atoms with Crippen molar-refractivity contribution in [2.24, 2.45) is 4.99 Å². The molecule has 2 aromatic rings. The van der Waals surface area contributed by atoms with Crippen molar-refractivity contribution in [2.75, 3.05) is 24.6 Å². The first-order valence-electron chi connectivity index (χ1n) is 7.53. The lowest BCUT2D eigenvalue weighted by Gasteiger charge is -2.29. The lowest BCUT2D eigenvalue weighted by molar-refractivity contribution is 0.441. The minimum absolute atomic E-state index is 0.163. The highest BCUT2D eigenvalue weighted by Crippen LogP contribution is 2.37. The van der Waals surface area contributed by atoms with E-state index in [1.807, 2.05) is 53.4 Å². The molecule has 1 fully saturated rings. The van der Waals surface area contributed by atoms with Crippen molar-refractivity contribution in [2.45, 2.75) is 0 Å². The third-order valence-corrected chi connectivity index (χ3v) is 5.69. The quantitative estimate of drug-likeness (QED) is 0.746. The van der Waals surface area contributed by atoms with E-state index in [2.05, 4.69) is 0 Å². The van der Waals surface area contributed by atoms with Crippen molar-refractivity contribution in [1.29, 1.82) is 0 Å². The third-order valence-electron chi connectivity index (χ3n) is 4.08. The van der Waals surface area contributed by atoms with E-state index in [0.29, 0.717) is 18.8 Å². The normalized spacial score (nSPS) is 19.0. The predicted molar refractivity (Wildman–Crippen MR) is 89.4 cm³/mol. The molecule has 0 unspecified atom stereocenters. The van der Waals surface area contributed by atoms with Crippen LogP contribution < -0.4 is 4.74 Å². The van der Waals surface area contributed by atoms with Gasteiger partial charge in [0.25, 0.3) is 0 Å². The van der Waals surface area contributed by atoms with E-state index in [1.165, 1.54) is 0 Å². The van der Waals surface area contributed by atoms with Crippen LogP contribution in [0.4, 0.5) is 5.69 Å². The summed E-state index contributed by atoms with van der Waals surface area (Å²) in [6.07, 6.45) is 0. The number of amidine groups is 1. The highest BCUT2D eigenvalue weighted by atomic mass is 32.2. The summed E-state index contributed by atoms with van der Waals surface area (Å²) in [6.45, 7) is 0.912. The Balaban J connectivity index is 1.82. The van der Waals surface area contributed by atoms with Crippen LogP contribution >= 0.6 is 0 Å². The molecular formula is C17H16N2O3S. The van der Waals surface area contributed by atoms with Crippen LogP contribution in [-0.2, 0) is 9.84 Å². The van der Waals surface area contributed by atoms with Crippen LogP contribution in [-0.4, -0.2) is 43.7 Å². The molecule has 2 heterocycles. The van der Waals surface area contributed by atoms with Crippen LogP contribution in [0.1, 0.15) is 5.56 Å². The van der Waals surface area contributed by atoms with Crippen LogP contribution in [0.2, 0.25) is 0 Å². The van der Waals surface area contributed by atoms with E-state index in [9.17, 15) is 8.42 Å². The fraction of sp³-hybridized carbons (Fsp3) is 0.235. The van der Waals surface area contributed by atoms with Crippen LogP contribution in [0.15, 0.2) is 53.5 Å². The predicted octanol–water partition coefficient (Wildman–Crippen LogP) is 2.60. The lowest BCUT2D eigenvalue weighted by Crippen LogP contribution is -2.44. The van der Waals surface area contributed by atoms with Crippen molar-refractivity contribution < 1.29 is 13.2 Å². The summed E-state index contributed by atoms with van der Waals surface area (Å²) in [4.78, 5) is 6.81. The van der Waals surface area contributed by atoms with E-state index in [-0.39, 0.29) is 11.5 Å². The van der Waals surface area contributed by atoms with Gasteiger partial charge in [-0.05, 0) is 24.3 Å². The second-order valence-electron chi connectivity index (χ2n) is 5.64. The van der Waals surface area contributed by atoms with E-state index in [4.69, 9.17) is 9.73 Å². The maximum Gasteiger partial charge on any atom is 0.153 e. The average molecular weight is 328 g/mol. The van der Waals surface area contributed by atoms with Crippen molar-refractivity contribution in [3.8, 4) is 11.5 Å². The first-order chi connectivity index (χ1) is 11.1. The van der Waals surface area contributed by atoms with Crippen LogP contribution in [0, 0.1) is 0 Å². The maximum atomic E-state index is 11.7. The molecule has 0 N–H and O–H groups in total. The Morgan fingerprint density at radius 3 is 2.35 bits per heavy atom. The second kappa shape index (κ2) is 5.38. The Morgan fingerprint density at radius 1 is 0.913 bits per heavy atom. The topological polar surface area (TPSA) is 59.0 Å². The molecule has 6 heteroatoms. The number of fused-ring (bicyclic) bond motifs is 2. The Hall–Kier alpha value is -2.34.